The molecular formula is C22H20N4O. The van der Waals surface area contributed by atoms with Crippen molar-refractivity contribution in [2.75, 3.05) is 0 Å². The first-order chi connectivity index (χ1) is 13.2. The fourth-order valence-corrected chi connectivity index (χ4v) is 3.13. The van der Waals surface area contributed by atoms with Crippen molar-refractivity contribution in [3.8, 4) is 0 Å². The van der Waals surface area contributed by atoms with E-state index in [1.807, 2.05) is 61.5 Å². The first-order valence-corrected chi connectivity index (χ1v) is 8.89. The van der Waals surface area contributed by atoms with Crippen molar-refractivity contribution in [2.45, 2.75) is 20.0 Å². The van der Waals surface area contributed by atoms with Crippen LogP contribution in [0.1, 0.15) is 27.4 Å². The van der Waals surface area contributed by atoms with Crippen molar-refractivity contribution in [1.82, 2.24) is 19.9 Å². The lowest BCUT2D eigenvalue weighted by Crippen LogP contribution is -2.23. The number of pyridine rings is 1. The minimum absolute atomic E-state index is 0.118. The van der Waals surface area contributed by atoms with E-state index in [0.29, 0.717) is 12.1 Å². The standard InChI is InChI=1S/C22H20N4O/c1-16-25-20-11-10-18(22(27)24-14-19-9-5-6-12-23-19)13-21(20)26(16)15-17-7-3-2-4-8-17/h2-13H,14-15H2,1H3,(H,24,27). The Kier molecular flexibility index (Phi) is 4.66. The molecular weight excluding hydrogens is 336 g/mol. The van der Waals surface area contributed by atoms with Crippen LogP contribution in [0, 0.1) is 6.92 Å². The molecule has 134 valence electrons. The molecule has 0 spiro atoms. The van der Waals surface area contributed by atoms with Crippen LogP contribution in [0.2, 0.25) is 0 Å². The number of hydrogen-bond donors (Lipinski definition) is 1. The highest BCUT2D eigenvalue weighted by Crippen LogP contribution is 2.19. The molecule has 4 rings (SSSR count). The summed E-state index contributed by atoms with van der Waals surface area (Å²) in [6, 6.07) is 21.5. The number of imidazole rings is 1. The number of carbonyl (C=O) groups excluding carboxylic acids is 1. The number of nitrogens with one attached hydrogen (secondary N) is 1. The normalized spacial score (nSPS) is 10.9. The summed E-state index contributed by atoms with van der Waals surface area (Å²) in [5, 5.41) is 2.92. The summed E-state index contributed by atoms with van der Waals surface area (Å²) in [5.41, 5.74) is 4.50. The Bertz CT molecular complexity index is 1070. The Morgan fingerprint density at radius 1 is 1.04 bits per heavy atom. The number of nitrogens with zero attached hydrogens (tertiary/aromatic N) is 3. The van der Waals surface area contributed by atoms with Gasteiger partial charge in [0.05, 0.1) is 23.3 Å². The Morgan fingerprint density at radius 2 is 1.85 bits per heavy atom. The second kappa shape index (κ2) is 7.41. The molecule has 1 N–H and O–H groups in total. The van der Waals surface area contributed by atoms with Gasteiger partial charge in [0.1, 0.15) is 5.82 Å². The van der Waals surface area contributed by atoms with Crippen molar-refractivity contribution in [1.29, 1.82) is 0 Å². The SMILES string of the molecule is Cc1nc2ccc(C(=O)NCc3ccccn3)cc2n1Cc1ccccc1. The summed E-state index contributed by atoms with van der Waals surface area (Å²) in [4.78, 5) is 21.4. The molecule has 1 amide bonds. The summed E-state index contributed by atoms with van der Waals surface area (Å²) < 4.78 is 2.14. The van der Waals surface area contributed by atoms with Gasteiger partial charge < -0.3 is 9.88 Å². The van der Waals surface area contributed by atoms with Gasteiger partial charge in [0.2, 0.25) is 0 Å². The van der Waals surface area contributed by atoms with Gasteiger partial charge in [0, 0.05) is 18.3 Å². The van der Waals surface area contributed by atoms with Gasteiger partial charge >= 0.3 is 0 Å². The van der Waals surface area contributed by atoms with Crippen molar-refractivity contribution in [3.63, 3.8) is 0 Å². The molecule has 0 bridgehead atoms. The third-order valence-corrected chi connectivity index (χ3v) is 4.54. The van der Waals surface area contributed by atoms with Crippen LogP contribution >= 0.6 is 0 Å². The van der Waals surface area contributed by atoms with E-state index in [4.69, 9.17) is 0 Å². The fourth-order valence-electron chi connectivity index (χ4n) is 3.13. The van der Waals surface area contributed by atoms with Crippen LogP contribution in [-0.2, 0) is 13.1 Å². The largest absolute Gasteiger partial charge is 0.346 e. The van der Waals surface area contributed by atoms with Crippen molar-refractivity contribution in [2.24, 2.45) is 0 Å². The second-order valence-corrected chi connectivity index (χ2v) is 6.44. The molecule has 5 heteroatoms. The third-order valence-electron chi connectivity index (χ3n) is 4.54. The van der Waals surface area contributed by atoms with Crippen molar-refractivity contribution < 1.29 is 4.79 Å². The number of aromatic nitrogens is 3. The van der Waals surface area contributed by atoms with Gasteiger partial charge in [0.15, 0.2) is 0 Å². The van der Waals surface area contributed by atoms with Crippen molar-refractivity contribution >= 4 is 16.9 Å². The molecule has 2 aromatic carbocycles. The van der Waals surface area contributed by atoms with Gasteiger partial charge in [-0.2, -0.15) is 0 Å². The smallest absolute Gasteiger partial charge is 0.251 e. The van der Waals surface area contributed by atoms with Crippen LogP contribution in [0.5, 0.6) is 0 Å². The van der Waals surface area contributed by atoms with Gasteiger partial charge in [-0.3, -0.25) is 9.78 Å². The first-order valence-electron chi connectivity index (χ1n) is 8.89. The highest BCUT2D eigenvalue weighted by Gasteiger charge is 2.12. The van der Waals surface area contributed by atoms with E-state index in [-0.39, 0.29) is 5.91 Å². The van der Waals surface area contributed by atoms with E-state index in [1.54, 1.807) is 6.20 Å². The average molecular weight is 356 g/mol. The maximum absolute atomic E-state index is 12.6. The average Bonchev–Trinajstić information content (AvgIpc) is 3.02. The maximum atomic E-state index is 12.6. The monoisotopic (exact) mass is 356 g/mol. The molecule has 2 heterocycles. The van der Waals surface area contributed by atoms with Crippen LogP contribution < -0.4 is 5.32 Å². The molecule has 0 radical (unpaired) electrons. The van der Waals surface area contributed by atoms with E-state index < -0.39 is 0 Å². The second-order valence-electron chi connectivity index (χ2n) is 6.44. The zero-order valence-corrected chi connectivity index (χ0v) is 15.1. The van der Waals surface area contributed by atoms with Crippen LogP contribution in [0.4, 0.5) is 0 Å². The third kappa shape index (κ3) is 3.72. The van der Waals surface area contributed by atoms with Gasteiger partial charge in [-0.15, -0.1) is 0 Å². The number of carbonyl (C=O) groups is 1. The summed E-state index contributed by atoms with van der Waals surface area (Å²) in [7, 11) is 0. The van der Waals surface area contributed by atoms with Gasteiger partial charge in [0.25, 0.3) is 5.91 Å². The van der Waals surface area contributed by atoms with Crippen LogP contribution in [0.15, 0.2) is 72.9 Å². The van der Waals surface area contributed by atoms with E-state index in [1.165, 1.54) is 5.56 Å². The predicted octanol–water partition coefficient (Wildman–Crippen LogP) is 3.72. The number of rotatable bonds is 5. The topological polar surface area (TPSA) is 59.8 Å². The van der Waals surface area contributed by atoms with Crippen LogP contribution in [-0.4, -0.2) is 20.4 Å². The van der Waals surface area contributed by atoms with Crippen molar-refractivity contribution in [3.05, 3.63) is 95.6 Å². The summed E-state index contributed by atoms with van der Waals surface area (Å²) in [5.74, 6) is 0.813. The number of amides is 1. The molecule has 5 nitrogen and oxygen atoms in total. The van der Waals surface area contributed by atoms with E-state index in [0.717, 1.165) is 29.1 Å². The molecule has 27 heavy (non-hydrogen) atoms. The van der Waals surface area contributed by atoms with Gasteiger partial charge in [-0.1, -0.05) is 36.4 Å². The number of aryl methyl sites for hydroxylation is 1. The lowest BCUT2D eigenvalue weighted by atomic mass is 10.1. The molecule has 2 aromatic heterocycles. The molecule has 0 fully saturated rings. The molecule has 0 saturated heterocycles. The van der Waals surface area contributed by atoms with E-state index >= 15 is 0 Å². The van der Waals surface area contributed by atoms with Gasteiger partial charge in [-0.25, -0.2) is 4.98 Å². The zero-order chi connectivity index (χ0) is 18.6. The molecule has 0 unspecified atom stereocenters. The summed E-state index contributed by atoms with van der Waals surface area (Å²) in [6.07, 6.45) is 1.72. The molecule has 0 saturated carbocycles. The Labute approximate surface area is 157 Å². The van der Waals surface area contributed by atoms with E-state index in [2.05, 4.69) is 32.0 Å². The highest BCUT2D eigenvalue weighted by atomic mass is 16.1. The Hall–Kier alpha value is -3.47. The summed E-state index contributed by atoms with van der Waals surface area (Å²) >= 11 is 0. The fraction of sp³-hybridized carbons (Fsp3) is 0.136. The minimum Gasteiger partial charge on any atom is -0.346 e. The van der Waals surface area contributed by atoms with Crippen LogP contribution in [0.3, 0.4) is 0 Å². The van der Waals surface area contributed by atoms with Gasteiger partial charge in [-0.05, 0) is 42.8 Å². The molecule has 0 atom stereocenters. The van der Waals surface area contributed by atoms with E-state index in [9.17, 15) is 4.79 Å². The quantitative estimate of drug-likeness (QED) is 0.593. The highest BCUT2D eigenvalue weighted by molar-refractivity contribution is 5.97. The number of fused-ring (bicyclic) bond motifs is 1. The zero-order valence-electron chi connectivity index (χ0n) is 15.1. The molecule has 0 aliphatic rings. The Morgan fingerprint density at radius 3 is 2.63 bits per heavy atom. The maximum Gasteiger partial charge on any atom is 0.251 e. The number of benzene rings is 2. The number of hydrogen-bond acceptors (Lipinski definition) is 3. The predicted molar refractivity (Wildman–Crippen MR) is 105 cm³/mol. The molecule has 0 aliphatic heterocycles. The summed E-state index contributed by atoms with van der Waals surface area (Å²) in [6.45, 7) is 3.12. The molecule has 0 aliphatic carbocycles. The first kappa shape index (κ1) is 17.0. The molecule has 4 aromatic rings. The Balaban J connectivity index is 1.59. The minimum atomic E-state index is -0.118. The van der Waals surface area contributed by atoms with Crippen LogP contribution in [0.25, 0.3) is 11.0 Å². The lowest BCUT2D eigenvalue weighted by molar-refractivity contribution is 0.0950. The lowest BCUT2D eigenvalue weighted by Gasteiger charge is -2.09.